The number of rotatable bonds is 1. The Hall–Kier alpha value is -0.0800. The summed E-state index contributed by atoms with van der Waals surface area (Å²) in [6, 6.07) is 0. The third-order valence-corrected chi connectivity index (χ3v) is 6.03. The van der Waals surface area contributed by atoms with Gasteiger partial charge in [-0.1, -0.05) is 27.7 Å². The molecule has 0 aromatic carbocycles. The van der Waals surface area contributed by atoms with Gasteiger partial charge in [0.2, 0.25) is 0 Å². The van der Waals surface area contributed by atoms with Crippen LogP contribution in [0.4, 0.5) is 0 Å². The Bertz CT molecular complexity index is 266. The van der Waals surface area contributed by atoms with Crippen molar-refractivity contribution >= 4 is 0 Å². The molecule has 0 aromatic heterocycles. The third-order valence-electron chi connectivity index (χ3n) is 6.03. The molecule has 2 N–H and O–H groups in total. The van der Waals surface area contributed by atoms with Gasteiger partial charge in [0.05, 0.1) is 12.2 Å². The Labute approximate surface area is 112 Å². The fourth-order valence-corrected chi connectivity index (χ4v) is 4.53. The van der Waals surface area contributed by atoms with Gasteiger partial charge < -0.3 is 10.2 Å². The van der Waals surface area contributed by atoms with Crippen molar-refractivity contribution in [1.29, 1.82) is 0 Å². The van der Waals surface area contributed by atoms with Crippen LogP contribution in [0.5, 0.6) is 0 Å². The van der Waals surface area contributed by atoms with Gasteiger partial charge in [-0.15, -0.1) is 0 Å². The molecule has 6 atom stereocenters. The first-order chi connectivity index (χ1) is 8.41. The molecule has 18 heavy (non-hydrogen) atoms. The highest BCUT2D eigenvalue weighted by Crippen LogP contribution is 2.46. The molecule has 6 unspecified atom stereocenters. The molecule has 0 aliphatic heterocycles. The highest BCUT2D eigenvalue weighted by Gasteiger charge is 2.41. The van der Waals surface area contributed by atoms with Crippen LogP contribution in [0.3, 0.4) is 0 Å². The first-order valence-corrected chi connectivity index (χ1v) is 7.78. The maximum absolute atomic E-state index is 10.1. The molecule has 2 saturated carbocycles. The molecule has 2 rings (SSSR count). The third kappa shape index (κ3) is 2.60. The Balaban J connectivity index is 2.03. The molecule has 2 aliphatic carbocycles. The van der Waals surface area contributed by atoms with E-state index in [1.165, 1.54) is 19.3 Å². The molecule has 106 valence electrons. The van der Waals surface area contributed by atoms with E-state index >= 15 is 0 Å². The lowest BCUT2D eigenvalue weighted by Crippen LogP contribution is -2.43. The molecule has 0 radical (unpaired) electrons. The highest BCUT2D eigenvalue weighted by molar-refractivity contribution is 4.91. The van der Waals surface area contributed by atoms with Crippen LogP contribution in [0, 0.1) is 35.5 Å². The summed E-state index contributed by atoms with van der Waals surface area (Å²) in [4.78, 5) is 0. The molecular formula is C16H30O2. The standard InChI is InChI=1S/C16H30O2/c1-9-7-13(8-10(2)16(9)18)14-5-6-15(17)12(4)11(14)3/h9-18H,5-8H2,1-4H3. The van der Waals surface area contributed by atoms with Gasteiger partial charge >= 0.3 is 0 Å². The van der Waals surface area contributed by atoms with Crippen LogP contribution >= 0.6 is 0 Å². The van der Waals surface area contributed by atoms with Gasteiger partial charge in [-0.05, 0) is 61.2 Å². The second-order valence-corrected chi connectivity index (χ2v) is 7.20. The summed E-state index contributed by atoms with van der Waals surface area (Å²) in [7, 11) is 0. The van der Waals surface area contributed by atoms with Crippen LogP contribution < -0.4 is 0 Å². The van der Waals surface area contributed by atoms with Gasteiger partial charge in [-0.25, -0.2) is 0 Å². The SMILES string of the molecule is CC1CC(C2CCC(O)C(C)C2C)CC(C)C1O. The van der Waals surface area contributed by atoms with Crippen LogP contribution in [0.2, 0.25) is 0 Å². The smallest absolute Gasteiger partial charge is 0.0591 e. The lowest BCUT2D eigenvalue weighted by molar-refractivity contribution is -0.0448. The van der Waals surface area contributed by atoms with Crippen LogP contribution in [-0.2, 0) is 0 Å². The maximum Gasteiger partial charge on any atom is 0.0591 e. The average Bonchev–Trinajstić information content (AvgIpc) is 2.33. The van der Waals surface area contributed by atoms with E-state index in [1.54, 1.807) is 0 Å². The van der Waals surface area contributed by atoms with E-state index in [-0.39, 0.29) is 12.2 Å². The fraction of sp³-hybridized carbons (Fsp3) is 1.00. The van der Waals surface area contributed by atoms with E-state index < -0.39 is 0 Å². The van der Waals surface area contributed by atoms with Crippen molar-refractivity contribution in [1.82, 2.24) is 0 Å². The lowest BCUT2D eigenvalue weighted by atomic mass is 9.61. The minimum Gasteiger partial charge on any atom is -0.393 e. The topological polar surface area (TPSA) is 40.5 Å². The molecule has 0 aromatic rings. The molecule has 0 heterocycles. The molecule has 2 heteroatoms. The second-order valence-electron chi connectivity index (χ2n) is 7.20. The quantitative estimate of drug-likeness (QED) is 0.755. The first kappa shape index (κ1) is 14.3. The Morgan fingerprint density at radius 3 is 1.89 bits per heavy atom. The highest BCUT2D eigenvalue weighted by atomic mass is 16.3. The summed E-state index contributed by atoms with van der Waals surface area (Å²) < 4.78 is 0. The molecular weight excluding hydrogens is 224 g/mol. The zero-order chi connectivity index (χ0) is 13.4. The summed E-state index contributed by atoms with van der Waals surface area (Å²) in [5.41, 5.74) is 0. The molecule has 0 amide bonds. The molecule has 2 nitrogen and oxygen atoms in total. The van der Waals surface area contributed by atoms with Gasteiger partial charge in [0, 0.05) is 0 Å². The van der Waals surface area contributed by atoms with Gasteiger partial charge in [-0.2, -0.15) is 0 Å². The average molecular weight is 254 g/mol. The van der Waals surface area contributed by atoms with Crippen LogP contribution in [0.15, 0.2) is 0 Å². The van der Waals surface area contributed by atoms with Gasteiger partial charge in [0.25, 0.3) is 0 Å². The number of hydrogen-bond donors (Lipinski definition) is 2. The minimum absolute atomic E-state index is 0.0970. The predicted molar refractivity (Wildman–Crippen MR) is 74.1 cm³/mol. The fourth-order valence-electron chi connectivity index (χ4n) is 4.53. The van der Waals surface area contributed by atoms with E-state index in [0.717, 1.165) is 18.3 Å². The molecule has 0 saturated heterocycles. The van der Waals surface area contributed by atoms with Crippen LogP contribution in [0.1, 0.15) is 53.4 Å². The van der Waals surface area contributed by atoms with Crippen molar-refractivity contribution in [2.45, 2.75) is 65.6 Å². The van der Waals surface area contributed by atoms with Crippen molar-refractivity contribution in [2.75, 3.05) is 0 Å². The molecule has 2 aliphatic rings. The maximum atomic E-state index is 10.1. The number of aliphatic hydroxyl groups excluding tert-OH is 2. The van der Waals surface area contributed by atoms with E-state index in [4.69, 9.17) is 0 Å². The zero-order valence-electron chi connectivity index (χ0n) is 12.3. The predicted octanol–water partition coefficient (Wildman–Crippen LogP) is 3.07. The van der Waals surface area contributed by atoms with E-state index in [1.807, 2.05) is 0 Å². The largest absolute Gasteiger partial charge is 0.393 e. The van der Waals surface area contributed by atoms with Crippen molar-refractivity contribution in [3.8, 4) is 0 Å². The zero-order valence-corrected chi connectivity index (χ0v) is 12.3. The van der Waals surface area contributed by atoms with Gasteiger partial charge in [0.15, 0.2) is 0 Å². The van der Waals surface area contributed by atoms with Gasteiger partial charge in [0.1, 0.15) is 0 Å². The molecule has 2 fully saturated rings. The molecule has 0 bridgehead atoms. The second kappa shape index (κ2) is 5.50. The van der Waals surface area contributed by atoms with Crippen molar-refractivity contribution < 1.29 is 10.2 Å². The van der Waals surface area contributed by atoms with Crippen LogP contribution in [0.25, 0.3) is 0 Å². The molecule has 0 spiro atoms. The summed E-state index contributed by atoms with van der Waals surface area (Å²) >= 11 is 0. The summed E-state index contributed by atoms with van der Waals surface area (Å²) in [5, 5.41) is 20.1. The minimum atomic E-state index is -0.108. The van der Waals surface area contributed by atoms with E-state index in [0.29, 0.717) is 23.7 Å². The van der Waals surface area contributed by atoms with Gasteiger partial charge in [-0.3, -0.25) is 0 Å². The van der Waals surface area contributed by atoms with E-state index in [9.17, 15) is 10.2 Å². The summed E-state index contributed by atoms with van der Waals surface area (Å²) in [5.74, 6) is 3.43. The Morgan fingerprint density at radius 2 is 1.33 bits per heavy atom. The number of aliphatic hydroxyl groups is 2. The summed E-state index contributed by atoms with van der Waals surface area (Å²) in [6.07, 6.45) is 4.28. The summed E-state index contributed by atoms with van der Waals surface area (Å²) in [6.45, 7) is 8.91. The van der Waals surface area contributed by atoms with Crippen molar-refractivity contribution in [3.05, 3.63) is 0 Å². The van der Waals surface area contributed by atoms with Crippen molar-refractivity contribution in [2.24, 2.45) is 35.5 Å². The monoisotopic (exact) mass is 254 g/mol. The van der Waals surface area contributed by atoms with Crippen LogP contribution in [-0.4, -0.2) is 22.4 Å². The number of hydrogen-bond acceptors (Lipinski definition) is 2. The van der Waals surface area contributed by atoms with E-state index in [2.05, 4.69) is 27.7 Å². The normalized spacial score (nSPS) is 54.3. The Kier molecular flexibility index (Phi) is 4.38. The first-order valence-electron chi connectivity index (χ1n) is 7.78. The Morgan fingerprint density at radius 1 is 0.778 bits per heavy atom. The van der Waals surface area contributed by atoms with Crippen molar-refractivity contribution in [3.63, 3.8) is 0 Å². The lowest BCUT2D eigenvalue weighted by Gasteiger charge is -2.46.